The molecule has 2 N–H and O–H groups in total. The molecule has 2 heterocycles. The van der Waals surface area contributed by atoms with Gasteiger partial charge in [-0.15, -0.1) is 0 Å². The Labute approximate surface area is 130 Å². The third kappa shape index (κ3) is 2.54. The van der Waals surface area contributed by atoms with E-state index in [0.29, 0.717) is 25.2 Å². The van der Waals surface area contributed by atoms with Crippen molar-refractivity contribution in [2.75, 3.05) is 26.3 Å². The molecule has 0 radical (unpaired) electrons. The molecule has 118 valence electrons. The lowest BCUT2D eigenvalue weighted by Crippen LogP contribution is -2.33. The minimum Gasteiger partial charge on any atom is -0.486 e. The van der Waals surface area contributed by atoms with Crippen LogP contribution in [-0.4, -0.2) is 32.2 Å². The summed E-state index contributed by atoms with van der Waals surface area (Å²) in [4.78, 5) is 12.4. The van der Waals surface area contributed by atoms with Crippen LogP contribution in [0.2, 0.25) is 0 Å². The van der Waals surface area contributed by atoms with Gasteiger partial charge in [-0.1, -0.05) is 6.07 Å². The summed E-state index contributed by atoms with van der Waals surface area (Å²) < 4.78 is 11.1. The highest BCUT2D eigenvalue weighted by molar-refractivity contribution is 5.82. The van der Waals surface area contributed by atoms with E-state index in [4.69, 9.17) is 9.47 Å². The smallest absolute Gasteiger partial charge is 0.223 e. The Kier molecular flexibility index (Phi) is 3.45. The van der Waals surface area contributed by atoms with Gasteiger partial charge in [0.05, 0.1) is 0 Å². The third-order valence-electron chi connectivity index (χ3n) is 5.18. The van der Waals surface area contributed by atoms with Gasteiger partial charge in [-0.3, -0.25) is 4.79 Å². The Morgan fingerprint density at radius 3 is 2.82 bits per heavy atom. The van der Waals surface area contributed by atoms with Gasteiger partial charge in [0.15, 0.2) is 11.5 Å². The Bertz CT molecular complexity index is 581. The lowest BCUT2D eigenvalue weighted by atomic mass is 9.92. The van der Waals surface area contributed by atoms with E-state index < -0.39 is 0 Å². The van der Waals surface area contributed by atoms with Crippen LogP contribution in [0, 0.1) is 11.3 Å². The molecule has 1 saturated heterocycles. The molecule has 0 aromatic heterocycles. The second-order valence-electron chi connectivity index (χ2n) is 6.56. The molecule has 1 atom stereocenters. The van der Waals surface area contributed by atoms with Gasteiger partial charge in [-0.05, 0) is 55.5 Å². The topological polar surface area (TPSA) is 59.6 Å². The highest BCUT2D eigenvalue weighted by atomic mass is 16.6. The Hall–Kier alpha value is -1.75. The number of nitrogens with one attached hydrogen (secondary N) is 2. The number of fused-ring (bicyclic) bond motifs is 1. The maximum atomic E-state index is 12.4. The molecule has 1 aliphatic carbocycles. The zero-order chi connectivity index (χ0) is 15.0. The van der Waals surface area contributed by atoms with E-state index in [1.165, 1.54) is 0 Å². The predicted octanol–water partition coefficient (Wildman–Crippen LogP) is 1.46. The van der Waals surface area contributed by atoms with E-state index in [-0.39, 0.29) is 11.8 Å². The van der Waals surface area contributed by atoms with Crippen LogP contribution in [0.1, 0.15) is 24.8 Å². The van der Waals surface area contributed by atoms with Crippen molar-refractivity contribution in [3.8, 4) is 11.5 Å². The van der Waals surface area contributed by atoms with E-state index >= 15 is 0 Å². The summed E-state index contributed by atoms with van der Waals surface area (Å²) >= 11 is 0. The lowest BCUT2D eigenvalue weighted by Gasteiger charge is -2.23. The Morgan fingerprint density at radius 2 is 2.00 bits per heavy atom. The Balaban J connectivity index is 1.34. The number of piperidine rings is 1. The molecule has 4 rings (SSSR count). The lowest BCUT2D eigenvalue weighted by molar-refractivity contribution is -0.123. The average molecular weight is 302 g/mol. The molecule has 2 aliphatic heterocycles. The second-order valence-corrected chi connectivity index (χ2v) is 6.56. The van der Waals surface area contributed by atoms with E-state index in [1.54, 1.807) is 0 Å². The van der Waals surface area contributed by atoms with Crippen LogP contribution in [-0.2, 0) is 11.3 Å². The summed E-state index contributed by atoms with van der Waals surface area (Å²) in [6.07, 6.45) is 3.33. The molecular formula is C17H22N2O3. The summed E-state index contributed by atoms with van der Waals surface area (Å²) in [6.45, 7) is 3.83. The highest BCUT2D eigenvalue weighted by Crippen LogP contribution is 2.58. The quantitative estimate of drug-likeness (QED) is 0.887. The first-order valence-corrected chi connectivity index (χ1v) is 8.14. The van der Waals surface area contributed by atoms with Crippen molar-refractivity contribution >= 4 is 5.91 Å². The van der Waals surface area contributed by atoms with Gasteiger partial charge in [0.25, 0.3) is 0 Å². The summed E-state index contributed by atoms with van der Waals surface area (Å²) in [6, 6.07) is 5.87. The monoisotopic (exact) mass is 302 g/mol. The van der Waals surface area contributed by atoms with Gasteiger partial charge in [0, 0.05) is 12.5 Å². The number of benzene rings is 1. The normalized spacial score (nSPS) is 24.8. The SMILES string of the molecule is O=C(NCc1ccc2c(c1)OCCO2)C1CC12CCNCC2. The van der Waals surface area contributed by atoms with Crippen molar-refractivity contribution in [3.63, 3.8) is 0 Å². The molecule has 2 fully saturated rings. The molecule has 22 heavy (non-hydrogen) atoms. The molecule has 1 spiro atoms. The van der Waals surface area contributed by atoms with E-state index in [1.807, 2.05) is 18.2 Å². The van der Waals surface area contributed by atoms with Crippen LogP contribution >= 0.6 is 0 Å². The maximum Gasteiger partial charge on any atom is 0.223 e. The van der Waals surface area contributed by atoms with Crippen LogP contribution in [0.4, 0.5) is 0 Å². The molecule has 1 saturated carbocycles. The number of hydrogen-bond acceptors (Lipinski definition) is 4. The van der Waals surface area contributed by atoms with Crippen LogP contribution in [0.15, 0.2) is 18.2 Å². The molecule has 3 aliphatic rings. The predicted molar refractivity (Wildman–Crippen MR) is 81.9 cm³/mol. The number of hydrogen-bond donors (Lipinski definition) is 2. The average Bonchev–Trinajstić information content (AvgIpc) is 3.26. The molecule has 5 nitrogen and oxygen atoms in total. The molecule has 1 amide bonds. The summed E-state index contributed by atoms with van der Waals surface area (Å²) in [7, 11) is 0. The Morgan fingerprint density at radius 1 is 1.23 bits per heavy atom. The fraction of sp³-hybridized carbons (Fsp3) is 0.588. The largest absolute Gasteiger partial charge is 0.486 e. The van der Waals surface area contributed by atoms with Crippen molar-refractivity contribution in [2.45, 2.75) is 25.8 Å². The van der Waals surface area contributed by atoms with Crippen molar-refractivity contribution in [1.29, 1.82) is 0 Å². The number of ether oxygens (including phenoxy) is 2. The fourth-order valence-electron chi connectivity index (χ4n) is 3.71. The number of amides is 1. The van der Waals surface area contributed by atoms with Crippen LogP contribution in [0.25, 0.3) is 0 Å². The van der Waals surface area contributed by atoms with E-state index in [9.17, 15) is 4.79 Å². The highest BCUT2D eigenvalue weighted by Gasteiger charge is 2.57. The van der Waals surface area contributed by atoms with E-state index in [2.05, 4.69) is 10.6 Å². The van der Waals surface area contributed by atoms with Crippen LogP contribution in [0.5, 0.6) is 11.5 Å². The molecule has 1 unspecified atom stereocenters. The zero-order valence-electron chi connectivity index (χ0n) is 12.7. The first-order chi connectivity index (χ1) is 10.8. The summed E-state index contributed by atoms with van der Waals surface area (Å²) in [5.74, 6) is 1.99. The molecule has 1 aromatic rings. The summed E-state index contributed by atoms with van der Waals surface area (Å²) in [5, 5.41) is 6.45. The minimum atomic E-state index is 0.205. The molecular weight excluding hydrogens is 280 g/mol. The van der Waals surface area contributed by atoms with Crippen LogP contribution < -0.4 is 20.1 Å². The minimum absolute atomic E-state index is 0.205. The zero-order valence-corrected chi connectivity index (χ0v) is 12.7. The summed E-state index contributed by atoms with van der Waals surface area (Å²) in [5.41, 5.74) is 1.35. The van der Waals surface area contributed by atoms with Crippen LogP contribution in [0.3, 0.4) is 0 Å². The van der Waals surface area contributed by atoms with Gasteiger partial charge in [0.1, 0.15) is 13.2 Å². The number of carbonyl (C=O) groups excluding carboxylic acids is 1. The number of carbonyl (C=O) groups is 1. The maximum absolute atomic E-state index is 12.4. The third-order valence-corrected chi connectivity index (χ3v) is 5.18. The van der Waals surface area contributed by atoms with Crippen molar-refractivity contribution in [3.05, 3.63) is 23.8 Å². The van der Waals surface area contributed by atoms with Gasteiger partial charge < -0.3 is 20.1 Å². The van der Waals surface area contributed by atoms with E-state index in [0.717, 1.165) is 49.4 Å². The second kappa shape index (κ2) is 5.47. The standard InChI is InChI=1S/C17H22N2O3/c20-16(13-10-17(13)3-5-18-6-4-17)19-11-12-1-2-14-15(9-12)22-8-7-21-14/h1-2,9,13,18H,3-8,10-11H2,(H,19,20). The van der Waals surface area contributed by atoms with Crippen molar-refractivity contribution < 1.29 is 14.3 Å². The molecule has 5 heteroatoms. The molecule has 1 aromatic carbocycles. The molecule has 0 bridgehead atoms. The van der Waals surface area contributed by atoms with Gasteiger partial charge in [-0.25, -0.2) is 0 Å². The van der Waals surface area contributed by atoms with Crippen molar-refractivity contribution in [2.24, 2.45) is 11.3 Å². The first-order valence-electron chi connectivity index (χ1n) is 8.14. The van der Waals surface area contributed by atoms with Gasteiger partial charge in [-0.2, -0.15) is 0 Å². The first kappa shape index (κ1) is 13.9. The van der Waals surface area contributed by atoms with Crippen molar-refractivity contribution in [1.82, 2.24) is 10.6 Å². The van der Waals surface area contributed by atoms with Gasteiger partial charge >= 0.3 is 0 Å². The van der Waals surface area contributed by atoms with Gasteiger partial charge in [0.2, 0.25) is 5.91 Å². The number of rotatable bonds is 3. The fourth-order valence-corrected chi connectivity index (χ4v) is 3.71.